The van der Waals surface area contributed by atoms with Crippen molar-refractivity contribution in [2.45, 2.75) is 26.3 Å². The van der Waals surface area contributed by atoms with E-state index in [1.807, 2.05) is 73.7 Å². The Hall–Kier alpha value is -3.31. The number of rotatable bonds is 9. The van der Waals surface area contributed by atoms with Crippen molar-refractivity contribution < 1.29 is 9.53 Å². The summed E-state index contributed by atoms with van der Waals surface area (Å²) in [5, 5.41) is 3.71. The zero-order valence-electron chi connectivity index (χ0n) is 18.1. The fraction of sp³-hybridized carbons (Fsp3) is 0.231. The van der Waals surface area contributed by atoms with Gasteiger partial charge in [-0.2, -0.15) is 0 Å². The minimum atomic E-state index is -0.0343. The molecule has 5 nitrogen and oxygen atoms in total. The third-order valence-electron chi connectivity index (χ3n) is 5.38. The van der Waals surface area contributed by atoms with Crippen LogP contribution in [0.25, 0.3) is 11.0 Å². The molecule has 1 N–H and O–H groups in total. The van der Waals surface area contributed by atoms with Crippen LogP contribution in [0.5, 0.6) is 5.75 Å². The monoisotopic (exact) mass is 447 g/mol. The molecule has 1 heterocycles. The third-order valence-corrected chi connectivity index (χ3v) is 5.64. The molecule has 1 amide bonds. The smallest absolute Gasteiger partial charge is 0.251 e. The van der Waals surface area contributed by atoms with Gasteiger partial charge >= 0.3 is 0 Å². The number of carbonyl (C=O) groups excluding carboxylic acids is 1. The van der Waals surface area contributed by atoms with Gasteiger partial charge in [-0.1, -0.05) is 41.9 Å². The van der Waals surface area contributed by atoms with E-state index in [2.05, 4.69) is 16.0 Å². The number of aryl methyl sites for hydroxylation is 2. The van der Waals surface area contributed by atoms with Gasteiger partial charge in [0.25, 0.3) is 5.91 Å². The number of amides is 1. The summed E-state index contributed by atoms with van der Waals surface area (Å²) >= 11 is 5.94. The van der Waals surface area contributed by atoms with Crippen molar-refractivity contribution >= 4 is 28.5 Å². The number of imidazole rings is 1. The number of halogens is 1. The van der Waals surface area contributed by atoms with Crippen LogP contribution in [0.1, 0.15) is 28.2 Å². The highest BCUT2D eigenvalue weighted by atomic mass is 35.5. The molecule has 0 saturated carbocycles. The van der Waals surface area contributed by atoms with Crippen molar-refractivity contribution in [3.63, 3.8) is 0 Å². The van der Waals surface area contributed by atoms with E-state index in [0.29, 0.717) is 24.7 Å². The zero-order chi connectivity index (χ0) is 22.3. The maximum atomic E-state index is 12.4. The van der Waals surface area contributed by atoms with Gasteiger partial charge in [0, 0.05) is 23.6 Å². The molecular weight excluding hydrogens is 422 g/mol. The number of para-hydroxylation sites is 2. The van der Waals surface area contributed by atoms with Crippen molar-refractivity contribution in [1.29, 1.82) is 0 Å². The van der Waals surface area contributed by atoms with Crippen LogP contribution in [0, 0.1) is 6.92 Å². The van der Waals surface area contributed by atoms with Gasteiger partial charge in [-0.3, -0.25) is 4.79 Å². The molecule has 0 aliphatic carbocycles. The second-order valence-corrected chi connectivity index (χ2v) is 8.08. The molecule has 0 saturated heterocycles. The van der Waals surface area contributed by atoms with Crippen LogP contribution in [0.3, 0.4) is 0 Å². The van der Waals surface area contributed by atoms with Crippen molar-refractivity contribution in [2.75, 3.05) is 13.2 Å². The van der Waals surface area contributed by atoms with Gasteiger partial charge in [-0.25, -0.2) is 4.98 Å². The number of aromatic nitrogens is 2. The summed E-state index contributed by atoms with van der Waals surface area (Å²) in [5.74, 6) is 1.75. The SMILES string of the molecule is Cc1ccccc1C(=O)NCCCc1nc2ccccc2n1CCOc1ccc(Cl)cc1. The van der Waals surface area contributed by atoms with Crippen molar-refractivity contribution in [2.24, 2.45) is 0 Å². The van der Waals surface area contributed by atoms with Gasteiger partial charge in [-0.15, -0.1) is 0 Å². The fourth-order valence-electron chi connectivity index (χ4n) is 3.72. The van der Waals surface area contributed by atoms with E-state index < -0.39 is 0 Å². The summed E-state index contributed by atoms with van der Waals surface area (Å²) in [6.45, 7) is 3.76. The first kappa shape index (κ1) is 21.9. The minimum absolute atomic E-state index is 0.0343. The predicted molar refractivity (Wildman–Crippen MR) is 129 cm³/mol. The largest absolute Gasteiger partial charge is 0.492 e. The summed E-state index contributed by atoms with van der Waals surface area (Å²) in [7, 11) is 0. The lowest BCUT2D eigenvalue weighted by molar-refractivity contribution is 0.0952. The highest BCUT2D eigenvalue weighted by Gasteiger charge is 2.12. The molecule has 0 unspecified atom stereocenters. The highest BCUT2D eigenvalue weighted by molar-refractivity contribution is 6.30. The average molecular weight is 448 g/mol. The Balaban J connectivity index is 1.37. The van der Waals surface area contributed by atoms with Crippen LogP contribution in [0.15, 0.2) is 72.8 Å². The Morgan fingerprint density at radius 1 is 1.03 bits per heavy atom. The molecule has 0 radical (unpaired) electrons. The lowest BCUT2D eigenvalue weighted by atomic mass is 10.1. The van der Waals surface area contributed by atoms with Crippen molar-refractivity contribution in [3.8, 4) is 5.75 Å². The van der Waals surface area contributed by atoms with Crippen LogP contribution < -0.4 is 10.1 Å². The van der Waals surface area contributed by atoms with Crippen LogP contribution in [0.2, 0.25) is 5.02 Å². The summed E-state index contributed by atoms with van der Waals surface area (Å²) < 4.78 is 8.09. The summed E-state index contributed by atoms with van der Waals surface area (Å²) in [5.41, 5.74) is 3.76. The number of ether oxygens (including phenoxy) is 1. The lowest BCUT2D eigenvalue weighted by Crippen LogP contribution is -2.25. The molecule has 0 fully saturated rings. The fourth-order valence-corrected chi connectivity index (χ4v) is 3.85. The van der Waals surface area contributed by atoms with Crippen LogP contribution >= 0.6 is 11.6 Å². The summed E-state index contributed by atoms with van der Waals surface area (Å²) in [6, 6.07) is 23.1. The van der Waals surface area contributed by atoms with E-state index in [-0.39, 0.29) is 5.91 Å². The Kier molecular flexibility index (Phi) is 7.07. The van der Waals surface area contributed by atoms with Crippen LogP contribution in [0.4, 0.5) is 0 Å². The van der Waals surface area contributed by atoms with E-state index in [0.717, 1.165) is 46.6 Å². The number of nitrogens with zero attached hydrogens (tertiary/aromatic N) is 2. The van der Waals surface area contributed by atoms with E-state index in [1.54, 1.807) is 0 Å². The second kappa shape index (κ2) is 10.3. The Labute approximate surface area is 193 Å². The third kappa shape index (κ3) is 5.29. The molecule has 6 heteroatoms. The predicted octanol–water partition coefficient (Wildman–Crippen LogP) is 5.44. The van der Waals surface area contributed by atoms with Crippen molar-refractivity contribution in [3.05, 3.63) is 94.8 Å². The molecule has 164 valence electrons. The van der Waals surface area contributed by atoms with E-state index in [1.165, 1.54) is 0 Å². The molecule has 1 aromatic heterocycles. The van der Waals surface area contributed by atoms with E-state index in [4.69, 9.17) is 21.3 Å². The molecule has 0 bridgehead atoms. The minimum Gasteiger partial charge on any atom is -0.492 e. The van der Waals surface area contributed by atoms with Gasteiger partial charge in [0.1, 0.15) is 18.2 Å². The molecule has 0 spiro atoms. The van der Waals surface area contributed by atoms with Crippen LogP contribution in [-0.2, 0) is 13.0 Å². The average Bonchev–Trinajstić information content (AvgIpc) is 3.15. The zero-order valence-corrected chi connectivity index (χ0v) is 18.8. The van der Waals surface area contributed by atoms with Gasteiger partial charge < -0.3 is 14.6 Å². The normalized spacial score (nSPS) is 10.9. The number of fused-ring (bicyclic) bond motifs is 1. The number of hydrogen-bond acceptors (Lipinski definition) is 3. The quantitative estimate of drug-likeness (QED) is 0.347. The first-order chi connectivity index (χ1) is 15.6. The molecule has 0 atom stereocenters. The highest BCUT2D eigenvalue weighted by Crippen LogP contribution is 2.19. The summed E-state index contributed by atoms with van der Waals surface area (Å²) in [6.07, 6.45) is 1.57. The number of hydrogen-bond donors (Lipinski definition) is 1. The van der Waals surface area contributed by atoms with Gasteiger partial charge in [0.2, 0.25) is 0 Å². The Morgan fingerprint density at radius 2 is 1.78 bits per heavy atom. The second-order valence-electron chi connectivity index (χ2n) is 7.65. The number of carbonyl (C=O) groups is 1. The van der Waals surface area contributed by atoms with Crippen LogP contribution in [-0.4, -0.2) is 28.6 Å². The molecular formula is C26H26ClN3O2. The summed E-state index contributed by atoms with van der Waals surface area (Å²) in [4.78, 5) is 17.2. The Morgan fingerprint density at radius 3 is 2.59 bits per heavy atom. The first-order valence-corrected chi connectivity index (χ1v) is 11.2. The van der Waals surface area contributed by atoms with Gasteiger partial charge in [-0.05, 0) is 61.4 Å². The van der Waals surface area contributed by atoms with Gasteiger partial charge in [0.05, 0.1) is 17.6 Å². The number of nitrogens with one attached hydrogen (secondary N) is 1. The standard InChI is InChI=1S/C26H26ClN3O2/c1-19-7-2-3-8-22(19)26(31)28-16-6-11-25-29-23-9-4-5-10-24(23)30(25)17-18-32-21-14-12-20(27)13-15-21/h2-5,7-10,12-15H,6,11,16-18H2,1H3,(H,28,31). The Bertz CT molecular complexity index is 1200. The molecule has 32 heavy (non-hydrogen) atoms. The lowest BCUT2D eigenvalue weighted by Gasteiger charge is -2.11. The number of benzene rings is 3. The maximum Gasteiger partial charge on any atom is 0.251 e. The maximum absolute atomic E-state index is 12.4. The van der Waals surface area contributed by atoms with E-state index >= 15 is 0 Å². The molecule has 4 rings (SSSR count). The first-order valence-electron chi connectivity index (χ1n) is 10.8. The molecule has 3 aromatic carbocycles. The molecule has 0 aliphatic heterocycles. The topological polar surface area (TPSA) is 56.2 Å². The van der Waals surface area contributed by atoms with Crippen molar-refractivity contribution in [1.82, 2.24) is 14.9 Å². The molecule has 0 aliphatic rings. The van der Waals surface area contributed by atoms with E-state index in [9.17, 15) is 4.79 Å². The molecule has 4 aromatic rings. The van der Waals surface area contributed by atoms with Gasteiger partial charge in [0.15, 0.2) is 0 Å².